The third-order valence-corrected chi connectivity index (χ3v) is 4.12. The highest BCUT2D eigenvalue weighted by molar-refractivity contribution is 5.99. The molecule has 3 N–H and O–H groups in total. The van der Waals surface area contributed by atoms with E-state index in [0.29, 0.717) is 12.5 Å². The quantitative estimate of drug-likeness (QED) is 0.692. The van der Waals surface area contributed by atoms with Crippen molar-refractivity contribution < 1.29 is 4.79 Å². The van der Waals surface area contributed by atoms with Crippen molar-refractivity contribution in [2.45, 2.75) is 25.3 Å². The number of fused-ring (bicyclic) bond motifs is 1. The van der Waals surface area contributed by atoms with Crippen molar-refractivity contribution in [2.24, 2.45) is 0 Å². The van der Waals surface area contributed by atoms with E-state index in [1.807, 2.05) is 18.2 Å². The number of carbonyl (C=O) groups excluding carboxylic acids is 1. The van der Waals surface area contributed by atoms with Crippen molar-refractivity contribution in [1.29, 1.82) is 0 Å². The molecule has 0 unspecified atom stereocenters. The van der Waals surface area contributed by atoms with Gasteiger partial charge in [-0.25, -0.2) is 4.79 Å². The SMILES string of the molecule is CN(Cc1cc(C2CC2)n[nH]1)C(=O)Nc1cccc2cn[nH]c12. The summed E-state index contributed by atoms with van der Waals surface area (Å²) >= 11 is 0. The molecule has 0 bridgehead atoms. The summed E-state index contributed by atoms with van der Waals surface area (Å²) in [5, 5.41) is 18.1. The highest BCUT2D eigenvalue weighted by Crippen LogP contribution is 2.39. The molecular formula is C16H18N6O. The fraction of sp³-hybridized carbons (Fsp3) is 0.312. The number of aromatic nitrogens is 4. The minimum absolute atomic E-state index is 0.172. The van der Waals surface area contributed by atoms with Gasteiger partial charge in [0.2, 0.25) is 0 Å². The number of hydrogen-bond acceptors (Lipinski definition) is 3. The van der Waals surface area contributed by atoms with Crippen molar-refractivity contribution >= 4 is 22.6 Å². The predicted molar refractivity (Wildman–Crippen MR) is 87.1 cm³/mol. The molecule has 7 heteroatoms. The molecule has 2 aromatic heterocycles. The Bertz CT molecular complexity index is 847. The maximum Gasteiger partial charge on any atom is 0.321 e. The predicted octanol–water partition coefficient (Wildman–Crippen LogP) is 2.83. The van der Waals surface area contributed by atoms with Gasteiger partial charge in [-0.3, -0.25) is 10.2 Å². The van der Waals surface area contributed by atoms with Crippen LogP contribution in [-0.2, 0) is 6.54 Å². The van der Waals surface area contributed by atoms with Crippen LogP contribution in [0.1, 0.15) is 30.1 Å². The zero-order chi connectivity index (χ0) is 15.8. The lowest BCUT2D eigenvalue weighted by Gasteiger charge is -2.17. The van der Waals surface area contributed by atoms with E-state index in [0.717, 1.165) is 28.0 Å². The first kappa shape index (κ1) is 13.8. The van der Waals surface area contributed by atoms with Gasteiger partial charge in [0.25, 0.3) is 0 Å². The van der Waals surface area contributed by atoms with Gasteiger partial charge in [0, 0.05) is 18.4 Å². The molecular weight excluding hydrogens is 292 g/mol. The molecule has 1 aromatic carbocycles. The van der Waals surface area contributed by atoms with Crippen LogP contribution in [0.4, 0.5) is 10.5 Å². The van der Waals surface area contributed by atoms with Crippen LogP contribution in [0.15, 0.2) is 30.5 Å². The first-order valence-electron chi connectivity index (χ1n) is 7.69. The molecule has 0 spiro atoms. The van der Waals surface area contributed by atoms with Gasteiger partial charge in [-0.05, 0) is 25.0 Å². The molecule has 118 valence electrons. The van der Waals surface area contributed by atoms with Crippen LogP contribution in [-0.4, -0.2) is 38.4 Å². The average molecular weight is 310 g/mol. The number of aromatic amines is 2. The van der Waals surface area contributed by atoms with E-state index in [9.17, 15) is 4.79 Å². The Labute approximate surface area is 133 Å². The standard InChI is InChI=1S/C16H18N6O/c1-22(9-12-7-14(20-19-12)10-5-6-10)16(23)18-13-4-2-3-11-8-17-21-15(11)13/h2-4,7-8,10H,5-6,9H2,1H3,(H,17,21)(H,18,23)(H,19,20). The van der Waals surface area contributed by atoms with Gasteiger partial charge in [0.1, 0.15) is 0 Å². The van der Waals surface area contributed by atoms with Crippen LogP contribution in [0.25, 0.3) is 10.9 Å². The normalized spacial score (nSPS) is 14.1. The molecule has 1 aliphatic rings. The molecule has 3 aromatic rings. The number of amides is 2. The summed E-state index contributed by atoms with van der Waals surface area (Å²) in [4.78, 5) is 14.0. The molecule has 0 radical (unpaired) electrons. The lowest BCUT2D eigenvalue weighted by Crippen LogP contribution is -2.31. The largest absolute Gasteiger partial charge is 0.322 e. The van der Waals surface area contributed by atoms with E-state index in [-0.39, 0.29) is 6.03 Å². The number of H-pyrrole nitrogens is 2. The smallest absolute Gasteiger partial charge is 0.321 e. The molecule has 2 amide bonds. The number of rotatable bonds is 4. The Morgan fingerprint density at radius 2 is 2.26 bits per heavy atom. The van der Waals surface area contributed by atoms with E-state index in [4.69, 9.17) is 0 Å². The van der Waals surface area contributed by atoms with Gasteiger partial charge in [0.05, 0.1) is 35.3 Å². The summed E-state index contributed by atoms with van der Waals surface area (Å²) in [6.45, 7) is 0.491. The molecule has 23 heavy (non-hydrogen) atoms. The Balaban J connectivity index is 1.44. The summed E-state index contributed by atoms with van der Waals surface area (Å²) in [5.41, 5.74) is 3.60. The van der Waals surface area contributed by atoms with Crippen molar-refractivity contribution in [3.63, 3.8) is 0 Å². The van der Waals surface area contributed by atoms with Crippen molar-refractivity contribution in [3.8, 4) is 0 Å². The monoisotopic (exact) mass is 310 g/mol. The third kappa shape index (κ3) is 2.77. The first-order chi connectivity index (χ1) is 11.2. The first-order valence-corrected chi connectivity index (χ1v) is 7.69. The van der Waals surface area contributed by atoms with Crippen LogP contribution in [0.3, 0.4) is 0 Å². The molecule has 0 saturated heterocycles. The summed E-state index contributed by atoms with van der Waals surface area (Å²) in [5.74, 6) is 0.608. The van der Waals surface area contributed by atoms with Gasteiger partial charge in [-0.1, -0.05) is 12.1 Å². The van der Waals surface area contributed by atoms with Crippen LogP contribution in [0.2, 0.25) is 0 Å². The lowest BCUT2D eigenvalue weighted by atomic mass is 10.2. The van der Waals surface area contributed by atoms with E-state index in [2.05, 4.69) is 31.8 Å². The van der Waals surface area contributed by atoms with Crippen LogP contribution in [0, 0.1) is 0 Å². The fourth-order valence-electron chi connectivity index (χ4n) is 2.66. The molecule has 1 aliphatic carbocycles. The maximum atomic E-state index is 12.4. The highest BCUT2D eigenvalue weighted by Gasteiger charge is 2.26. The average Bonchev–Trinajstić information content (AvgIpc) is 3.09. The minimum atomic E-state index is -0.172. The van der Waals surface area contributed by atoms with Gasteiger partial charge in [-0.15, -0.1) is 0 Å². The summed E-state index contributed by atoms with van der Waals surface area (Å²) < 4.78 is 0. The highest BCUT2D eigenvalue weighted by atomic mass is 16.2. The number of urea groups is 1. The fourth-order valence-corrected chi connectivity index (χ4v) is 2.66. The lowest BCUT2D eigenvalue weighted by molar-refractivity contribution is 0.220. The Kier molecular flexibility index (Phi) is 3.25. The summed E-state index contributed by atoms with van der Waals surface area (Å²) in [7, 11) is 1.76. The molecule has 1 saturated carbocycles. The van der Waals surface area contributed by atoms with Crippen LogP contribution in [0.5, 0.6) is 0 Å². The number of nitrogens with zero attached hydrogens (tertiary/aromatic N) is 3. The summed E-state index contributed by atoms with van der Waals surface area (Å²) in [6.07, 6.45) is 4.17. The Hall–Kier alpha value is -2.83. The third-order valence-electron chi connectivity index (χ3n) is 4.12. The van der Waals surface area contributed by atoms with E-state index >= 15 is 0 Å². The van der Waals surface area contributed by atoms with Crippen molar-refractivity contribution in [2.75, 3.05) is 12.4 Å². The number of carbonyl (C=O) groups is 1. The zero-order valence-corrected chi connectivity index (χ0v) is 12.8. The topological polar surface area (TPSA) is 89.7 Å². The van der Waals surface area contributed by atoms with Gasteiger partial charge in [-0.2, -0.15) is 10.2 Å². The van der Waals surface area contributed by atoms with Gasteiger partial charge < -0.3 is 10.2 Å². The van der Waals surface area contributed by atoms with Crippen molar-refractivity contribution in [1.82, 2.24) is 25.3 Å². The maximum absolute atomic E-state index is 12.4. The number of benzene rings is 1. The molecule has 2 heterocycles. The minimum Gasteiger partial charge on any atom is -0.322 e. The number of anilines is 1. The zero-order valence-electron chi connectivity index (χ0n) is 12.8. The number of nitrogens with one attached hydrogen (secondary N) is 3. The van der Waals surface area contributed by atoms with Gasteiger partial charge in [0.15, 0.2) is 0 Å². The molecule has 0 aliphatic heterocycles. The number of para-hydroxylation sites is 1. The second kappa shape index (κ2) is 5.42. The second-order valence-electron chi connectivity index (χ2n) is 6.02. The Morgan fingerprint density at radius 1 is 1.39 bits per heavy atom. The van der Waals surface area contributed by atoms with Crippen LogP contribution >= 0.6 is 0 Å². The molecule has 1 fully saturated rings. The number of hydrogen-bond donors (Lipinski definition) is 3. The van der Waals surface area contributed by atoms with Crippen LogP contribution < -0.4 is 5.32 Å². The second-order valence-corrected chi connectivity index (χ2v) is 6.02. The van der Waals surface area contributed by atoms with E-state index in [1.54, 1.807) is 18.1 Å². The molecule has 7 nitrogen and oxygen atoms in total. The van der Waals surface area contributed by atoms with E-state index in [1.165, 1.54) is 12.8 Å². The van der Waals surface area contributed by atoms with Gasteiger partial charge >= 0.3 is 6.03 Å². The van der Waals surface area contributed by atoms with E-state index < -0.39 is 0 Å². The summed E-state index contributed by atoms with van der Waals surface area (Å²) in [6, 6.07) is 7.58. The molecule has 4 rings (SSSR count). The van der Waals surface area contributed by atoms with Crippen molar-refractivity contribution in [3.05, 3.63) is 41.9 Å². The molecule has 0 atom stereocenters. The Morgan fingerprint density at radius 3 is 3.09 bits per heavy atom.